The van der Waals surface area contributed by atoms with E-state index in [2.05, 4.69) is 34.4 Å². The topological polar surface area (TPSA) is 58.1 Å². The predicted octanol–water partition coefficient (Wildman–Crippen LogP) is 2.72. The van der Waals surface area contributed by atoms with Crippen LogP contribution in [0.5, 0.6) is 0 Å². The molecule has 7 heteroatoms. The number of hydrogen-bond donors (Lipinski definition) is 2. The fourth-order valence-electron chi connectivity index (χ4n) is 3.02. The molecule has 0 spiro atoms. The number of unbranched alkanes of at least 4 members (excludes halogenated alkanes) is 1. The third-order valence-corrected chi connectivity index (χ3v) is 4.78. The Labute approximate surface area is 177 Å². The van der Waals surface area contributed by atoms with Gasteiger partial charge in [-0.2, -0.15) is 0 Å². The molecule has 0 aromatic rings. The van der Waals surface area contributed by atoms with E-state index in [-0.39, 0.29) is 24.0 Å². The van der Waals surface area contributed by atoms with Crippen LogP contribution in [-0.4, -0.2) is 77.1 Å². The van der Waals surface area contributed by atoms with Gasteiger partial charge >= 0.3 is 0 Å². The van der Waals surface area contributed by atoms with Crippen LogP contribution in [-0.2, 0) is 9.47 Å². The molecule has 26 heavy (non-hydrogen) atoms. The molecule has 1 aliphatic rings. The minimum Gasteiger partial charge on any atom is -0.379 e. The quantitative estimate of drug-likeness (QED) is 0.182. The van der Waals surface area contributed by atoms with Crippen molar-refractivity contribution in [1.82, 2.24) is 15.5 Å². The second-order valence-electron chi connectivity index (χ2n) is 6.67. The molecule has 2 N–H and O–H groups in total. The summed E-state index contributed by atoms with van der Waals surface area (Å²) in [5.41, 5.74) is 0. The SMILES string of the molecule is CCCCOCCOCCNC(=NC)NCCC1CCN(CC)CC1.I. The van der Waals surface area contributed by atoms with Crippen molar-refractivity contribution in [2.45, 2.75) is 46.0 Å². The second-order valence-corrected chi connectivity index (χ2v) is 6.67. The van der Waals surface area contributed by atoms with E-state index >= 15 is 0 Å². The summed E-state index contributed by atoms with van der Waals surface area (Å²) in [5, 5.41) is 6.71. The van der Waals surface area contributed by atoms with Crippen molar-refractivity contribution in [3.8, 4) is 0 Å². The first-order chi connectivity index (χ1) is 12.3. The van der Waals surface area contributed by atoms with Gasteiger partial charge in [-0.3, -0.25) is 4.99 Å². The normalized spacial score (nSPS) is 16.3. The number of likely N-dealkylation sites (tertiary alicyclic amines) is 1. The Kier molecular flexibility index (Phi) is 18.2. The standard InChI is InChI=1S/C19H40N4O2.HI/c1-4-6-14-24-16-17-25-15-11-22-19(20-3)21-10-7-18-8-12-23(5-2)13-9-18;/h18H,4-17H2,1-3H3,(H2,20,21,22);1H. The van der Waals surface area contributed by atoms with Gasteiger partial charge in [0, 0.05) is 26.7 Å². The number of ether oxygens (including phenoxy) is 2. The van der Waals surface area contributed by atoms with Crippen molar-refractivity contribution < 1.29 is 9.47 Å². The maximum atomic E-state index is 5.55. The van der Waals surface area contributed by atoms with Crippen LogP contribution >= 0.6 is 24.0 Å². The molecular formula is C19H41IN4O2. The number of nitrogens with zero attached hydrogens (tertiary/aromatic N) is 2. The minimum atomic E-state index is 0. The first kappa shape index (κ1) is 25.9. The Morgan fingerprint density at radius 3 is 2.27 bits per heavy atom. The molecule has 0 saturated carbocycles. The van der Waals surface area contributed by atoms with Crippen LogP contribution < -0.4 is 10.6 Å². The largest absolute Gasteiger partial charge is 0.379 e. The highest BCUT2D eigenvalue weighted by Gasteiger charge is 2.17. The van der Waals surface area contributed by atoms with E-state index in [1.54, 1.807) is 0 Å². The number of aliphatic imine (C=N–C) groups is 1. The molecule has 0 aromatic heterocycles. The van der Waals surface area contributed by atoms with Crippen LogP contribution in [0.3, 0.4) is 0 Å². The van der Waals surface area contributed by atoms with Crippen LogP contribution in [0.1, 0.15) is 46.0 Å². The average molecular weight is 484 g/mol. The summed E-state index contributed by atoms with van der Waals surface area (Å²) in [6, 6.07) is 0. The molecule has 1 rings (SSSR count). The fraction of sp³-hybridized carbons (Fsp3) is 0.947. The van der Waals surface area contributed by atoms with E-state index in [1.165, 1.54) is 45.3 Å². The van der Waals surface area contributed by atoms with Crippen LogP contribution in [0, 0.1) is 5.92 Å². The molecule has 6 nitrogen and oxygen atoms in total. The molecule has 156 valence electrons. The molecule has 0 aromatic carbocycles. The van der Waals surface area contributed by atoms with Gasteiger partial charge in [-0.25, -0.2) is 0 Å². The van der Waals surface area contributed by atoms with E-state index in [0.717, 1.165) is 38.0 Å². The van der Waals surface area contributed by atoms with Crippen LogP contribution in [0.15, 0.2) is 4.99 Å². The number of halogens is 1. The highest BCUT2D eigenvalue weighted by molar-refractivity contribution is 14.0. The smallest absolute Gasteiger partial charge is 0.191 e. The van der Waals surface area contributed by atoms with Crippen molar-refractivity contribution in [3.05, 3.63) is 0 Å². The Bertz CT molecular complexity index is 338. The van der Waals surface area contributed by atoms with Crippen LogP contribution in [0.2, 0.25) is 0 Å². The zero-order chi connectivity index (χ0) is 18.2. The van der Waals surface area contributed by atoms with Crippen molar-refractivity contribution in [2.24, 2.45) is 10.9 Å². The molecule has 1 aliphatic heterocycles. The molecule has 0 atom stereocenters. The van der Waals surface area contributed by atoms with Gasteiger partial charge in [0.05, 0.1) is 19.8 Å². The maximum Gasteiger partial charge on any atom is 0.191 e. The number of rotatable bonds is 13. The van der Waals surface area contributed by atoms with E-state index in [9.17, 15) is 0 Å². The van der Waals surface area contributed by atoms with Crippen molar-refractivity contribution in [2.75, 3.05) is 66.2 Å². The molecular weight excluding hydrogens is 443 g/mol. The summed E-state index contributed by atoms with van der Waals surface area (Å²) in [6.45, 7) is 12.7. The fourth-order valence-corrected chi connectivity index (χ4v) is 3.02. The van der Waals surface area contributed by atoms with Gasteiger partial charge < -0.3 is 25.0 Å². The molecule has 0 amide bonds. The average Bonchev–Trinajstić information content (AvgIpc) is 2.65. The van der Waals surface area contributed by atoms with E-state index in [1.807, 2.05) is 7.05 Å². The van der Waals surface area contributed by atoms with E-state index in [4.69, 9.17) is 9.47 Å². The Morgan fingerprint density at radius 2 is 1.65 bits per heavy atom. The Balaban J connectivity index is 0.00000625. The maximum absolute atomic E-state index is 5.55. The predicted molar refractivity (Wildman–Crippen MR) is 121 cm³/mol. The lowest BCUT2D eigenvalue weighted by Crippen LogP contribution is -2.40. The molecule has 0 aliphatic carbocycles. The molecule has 1 fully saturated rings. The Morgan fingerprint density at radius 1 is 1.00 bits per heavy atom. The monoisotopic (exact) mass is 484 g/mol. The van der Waals surface area contributed by atoms with Gasteiger partial charge in [0.25, 0.3) is 0 Å². The van der Waals surface area contributed by atoms with Crippen molar-refractivity contribution in [3.63, 3.8) is 0 Å². The molecule has 0 bridgehead atoms. The third kappa shape index (κ3) is 13.1. The lowest BCUT2D eigenvalue weighted by molar-refractivity contribution is 0.0487. The summed E-state index contributed by atoms with van der Waals surface area (Å²) in [4.78, 5) is 6.81. The number of nitrogens with one attached hydrogen (secondary N) is 2. The van der Waals surface area contributed by atoms with Gasteiger partial charge in [-0.15, -0.1) is 24.0 Å². The zero-order valence-corrected chi connectivity index (χ0v) is 19.4. The zero-order valence-electron chi connectivity index (χ0n) is 17.1. The second kappa shape index (κ2) is 18.3. The third-order valence-electron chi connectivity index (χ3n) is 4.78. The summed E-state index contributed by atoms with van der Waals surface area (Å²) < 4.78 is 11.0. The van der Waals surface area contributed by atoms with Gasteiger partial charge in [-0.1, -0.05) is 20.3 Å². The molecule has 1 heterocycles. The number of piperidine rings is 1. The number of hydrogen-bond acceptors (Lipinski definition) is 4. The summed E-state index contributed by atoms with van der Waals surface area (Å²) in [5.74, 6) is 1.72. The summed E-state index contributed by atoms with van der Waals surface area (Å²) in [7, 11) is 1.82. The Hall–Kier alpha value is -0.120. The summed E-state index contributed by atoms with van der Waals surface area (Å²) in [6.07, 6.45) is 6.19. The molecule has 0 unspecified atom stereocenters. The first-order valence-electron chi connectivity index (χ1n) is 10.1. The molecule has 0 radical (unpaired) electrons. The van der Waals surface area contributed by atoms with Gasteiger partial charge in [-0.05, 0) is 51.2 Å². The van der Waals surface area contributed by atoms with Gasteiger partial charge in [0.15, 0.2) is 5.96 Å². The van der Waals surface area contributed by atoms with E-state index < -0.39 is 0 Å². The van der Waals surface area contributed by atoms with Crippen molar-refractivity contribution in [1.29, 1.82) is 0 Å². The minimum absolute atomic E-state index is 0. The highest BCUT2D eigenvalue weighted by atomic mass is 127. The van der Waals surface area contributed by atoms with Gasteiger partial charge in [0.1, 0.15) is 0 Å². The van der Waals surface area contributed by atoms with Crippen molar-refractivity contribution >= 4 is 29.9 Å². The number of guanidine groups is 1. The first-order valence-corrected chi connectivity index (χ1v) is 10.1. The van der Waals surface area contributed by atoms with Gasteiger partial charge in [0.2, 0.25) is 0 Å². The highest BCUT2D eigenvalue weighted by Crippen LogP contribution is 2.19. The van der Waals surface area contributed by atoms with Crippen LogP contribution in [0.25, 0.3) is 0 Å². The van der Waals surface area contributed by atoms with E-state index in [0.29, 0.717) is 19.8 Å². The molecule has 1 saturated heterocycles. The lowest BCUT2D eigenvalue weighted by atomic mass is 9.93. The van der Waals surface area contributed by atoms with Crippen LogP contribution in [0.4, 0.5) is 0 Å². The lowest BCUT2D eigenvalue weighted by Gasteiger charge is -2.31. The summed E-state index contributed by atoms with van der Waals surface area (Å²) >= 11 is 0.